The minimum Gasteiger partial charge on any atom is -0.371 e. The first-order valence-corrected chi connectivity index (χ1v) is 5.40. The molecule has 1 rings (SSSR count). The molecule has 1 aromatic rings. The highest BCUT2D eigenvalue weighted by molar-refractivity contribution is 5.47. The van der Waals surface area contributed by atoms with E-state index in [1.165, 1.54) is 6.07 Å². The molecule has 1 N–H and O–H groups in total. The van der Waals surface area contributed by atoms with Crippen molar-refractivity contribution in [1.82, 2.24) is 5.32 Å². The Balaban J connectivity index is 2.58. The smallest absolute Gasteiger partial charge is 0.146 e. The van der Waals surface area contributed by atoms with Crippen molar-refractivity contribution in [2.24, 2.45) is 0 Å². The lowest BCUT2D eigenvalue weighted by molar-refractivity contribution is 0.575. The van der Waals surface area contributed by atoms with E-state index in [1.54, 1.807) is 11.9 Å². The topological polar surface area (TPSA) is 15.3 Å². The fraction of sp³-hybridized carbons (Fsp3) is 0.500. The van der Waals surface area contributed by atoms with Gasteiger partial charge in [0.25, 0.3) is 0 Å². The highest BCUT2D eigenvalue weighted by Gasteiger charge is 2.08. The molecule has 0 saturated heterocycles. The van der Waals surface area contributed by atoms with Crippen LogP contribution in [-0.2, 0) is 0 Å². The molecule has 0 aromatic heterocycles. The number of likely N-dealkylation sites (N-methyl/N-ethyl adjacent to an activating group) is 1. The lowest BCUT2D eigenvalue weighted by Crippen LogP contribution is -2.33. The van der Waals surface area contributed by atoms with Gasteiger partial charge in [-0.2, -0.15) is 0 Å². The molecule has 0 saturated carbocycles. The summed E-state index contributed by atoms with van der Waals surface area (Å²) >= 11 is 0. The second-order valence-electron chi connectivity index (χ2n) is 4.13. The van der Waals surface area contributed by atoms with Gasteiger partial charge in [-0.3, -0.25) is 0 Å². The third kappa shape index (κ3) is 3.77. The highest BCUT2D eigenvalue weighted by atomic mass is 19.1. The monoisotopic (exact) mass is 228 g/mol. The van der Waals surface area contributed by atoms with Crippen LogP contribution in [-0.4, -0.2) is 26.2 Å². The lowest BCUT2D eigenvalue weighted by atomic mass is 10.2. The molecule has 4 heteroatoms. The molecule has 2 nitrogen and oxygen atoms in total. The number of nitrogens with one attached hydrogen (secondary N) is 1. The molecule has 0 unspecified atom stereocenters. The van der Waals surface area contributed by atoms with Crippen molar-refractivity contribution in [1.29, 1.82) is 0 Å². The molecule has 1 aromatic carbocycles. The minimum atomic E-state index is -0.417. The molecule has 0 atom stereocenters. The Bertz CT molecular complexity index is 340. The summed E-state index contributed by atoms with van der Waals surface area (Å²) in [5, 5.41) is 3.22. The van der Waals surface area contributed by atoms with E-state index in [9.17, 15) is 8.78 Å². The Hall–Kier alpha value is -1.16. The van der Waals surface area contributed by atoms with Crippen molar-refractivity contribution < 1.29 is 8.78 Å². The van der Waals surface area contributed by atoms with Crippen LogP contribution in [0.25, 0.3) is 0 Å². The Kier molecular flexibility index (Phi) is 4.68. The number of hydrogen-bond acceptors (Lipinski definition) is 2. The van der Waals surface area contributed by atoms with E-state index in [0.29, 0.717) is 18.3 Å². The van der Waals surface area contributed by atoms with Crippen molar-refractivity contribution in [3.63, 3.8) is 0 Å². The molecular weight excluding hydrogens is 210 g/mol. The van der Waals surface area contributed by atoms with E-state index in [-0.39, 0.29) is 0 Å². The van der Waals surface area contributed by atoms with Gasteiger partial charge in [-0.15, -0.1) is 0 Å². The zero-order chi connectivity index (χ0) is 12.1. The van der Waals surface area contributed by atoms with Crippen LogP contribution in [0.15, 0.2) is 18.2 Å². The molecule has 0 aliphatic heterocycles. The van der Waals surface area contributed by atoms with Gasteiger partial charge in [0.1, 0.15) is 11.6 Å². The van der Waals surface area contributed by atoms with Gasteiger partial charge >= 0.3 is 0 Å². The van der Waals surface area contributed by atoms with E-state index in [0.717, 1.165) is 18.7 Å². The fourth-order valence-electron chi connectivity index (χ4n) is 1.42. The largest absolute Gasteiger partial charge is 0.371 e. The maximum atomic E-state index is 13.4. The maximum Gasteiger partial charge on any atom is 0.146 e. The number of hydrogen-bond donors (Lipinski definition) is 1. The summed E-state index contributed by atoms with van der Waals surface area (Å²) in [6, 6.07) is 3.88. The standard InChI is InChI=1S/C12H18F2N2/c1-9(2)15-6-7-16(3)12-8-10(13)4-5-11(12)14/h4-5,8-9,15H,6-7H2,1-3H3. The highest BCUT2D eigenvalue weighted by Crippen LogP contribution is 2.18. The van der Waals surface area contributed by atoms with E-state index < -0.39 is 11.6 Å². The van der Waals surface area contributed by atoms with E-state index in [2.05, 4.69) is 5.32 Å². The second-order valence-corrected chi connectivity index (χ2v) is 4.13. The van der Waals surface area contributed by atoms with Gasteiger partial charge in [0.15, 0.2) is 0 Å². The van der Waals surface area contributed by atoms with Crippen molar-refractivity contribution in [2.75, 3.05) is 25.0 Å². The lowest BCUT2D eigenvalue weighted by Gasteiger charge is -2.21. The van der Waals surface area contributed by atoms with Crippen LogP contribution in [0.2, 0.25) is 0 Å². The van der Waals surface area contributed by atoms with Crippen molar-refractivity contribution in [2.45, 2.75) is 19.9 Å². The van der Waals surface area contributed by atoms with E-state index >= 15 is 0 Å². The molecule has 0 heterocycles. The Labute approximate surface area is 95.3 Å². The Morgan fingerprint density at radius 3 is 2.62 bits per heavy atom. The summed E-state index contributed by atoms with van der Waals surface area (Å²) in [5.74, 6) is -0.812. The van der Waals surface area contributed by atoms with E-state index in [4.69, 9.17) is 0 Å². The molecular formula is C12H18F2N2. The van der Waals surface area contributed by atoms with Crippen LogP contribution in [0, 0.1) is 11.6 Å². The summed E-state index contributed by atoms with van der Waals surface area (Å²) in [6.07, 6.45) is 0. The number of rotatable bonds is 5. The van der Waals surface area contributed by atoms with Crippen LogP contribution < -0.4 is 10.2 Å². The Morgan fingerprint density at radius 1 is 1.31 bits per heavy atom. The molecule has 0 radical (unpaired) electrons. The molecule has 16 heavy (non-hydrogen) atoms. The fourth-order valence-corrected chi connectivity index (χ4v) is 1.42. The van der Waals surface area contributed by atoms with Crippen LogP contribution in [0.1, 0.15) is 13.8 Å². The van der Waals surface area contributed by atoms with Crippen LogP contribution in [0.3, 0.4) is 0 Å². The number of anilines is 1. The van der Waals surface area contributed by atoms with Gasteiger partial charge in [0, 0.05) is 32.2 Å². The predicted octanol–water partition coefficient (Wildman–Crippen LogP) is 2.40. The van der Waals surface area contributed by atoms with Gasteiger partial charge in [0.05, 0.1) is 5.69 Å². The first-order valence-electron chi connectivity index (χ1n) is 5.40. The summed E-state index contributed by atoms with van der Waals surface area (Å²) in [5.41, 5.74) is 0.297. The Morgan fingerprint density at radius 2 is 2.00 bits per heavy atom. The van der Waals surface area contributed by atoms with Crippen LogP contribution in [0.5, 0.6) is 0 Å². The molecule has 0 fully saturated rings. The molecule has 0 spiro atoms. The SMILES string of the molecule is CC(C)NCCN(C)c1cc(F)ccc1F. The first-order chi connectivity index (χ1) is 7.50. The number of benzene rings is 1. The van der Waals surface area contributed by atoms with Gasteiger partial charge in [-0.05, 0) is 12.1 Å². The third-order valence-corrected chi connectivity index (χ3v) is 2.32. The molecule has 0 bridgehead atoms. The molecule has 0 aliphatic carbocycles. The quantitative estimate of drug-likeness (QED) is 0.832. The second kappa shape index (κ2) is 5.80. The van der Waals surface area contributed by atoms with Gasteiger partial charge in [0.2, 0.25) is 0 Å². The molecule has 0 amide bonds. The average Bonchev–Trinajstić information content (AvgIpc) is 2.21. The molecule has 90 valence electrons. The van der Waals surface area contributed by atoms with Gasteiger partial charge in [-0.25, -0.2) is 8.78 Å². The normalized spacial score (nSPS) is 10.9. The first kappa shape index (κ1) is 12.9. The summed E-state index contributed by atoms with van der Waals surface area (Å²) < 4.78 is 26.3. The maximum absolute atomic E-state index is 13.4. The summed E-state index contributed by atoms with van der Waals surface area (Å²) in [4.78, 5) is 1.70. The molecule has 0 aliphatic rings. The minimum absolute atomic E-state index is 0.297. The predicted molar refractivity (Wildman–Crippen MR) is 62.8 cm³/mol. The van der Waals surface area contributed by atoms with Crippen molar-refractivity contribution in [3.05, 3.63) is 29.8 Å². The zero-order valence-electron chi connectivity index (χ0n) is 9.93. The van der Waals surface area contributed by atoms with Gasteiger partial charge < -0.3 is 10.2 Å². The average molecular weight is 228 g/mol. The van der Waals surface area contributed by atoms with Crippen molar-refractivity contribution in [3.8, 4) is 0 Å². The summed E-state index contributed by atoms with van der Waals surface area (Å²) in [7, 11) is 1.75. The van der Waals surface area contributed by atoms with Crippen molar-refractivity contribution >= 4 is 5.69 Å². The van der Waals surface area contributed by atoms with Crippen LogP contribution >= 0.6 is 0 Å². The van der Waals surface area contributed by atoms with Crippen LogP contribution in [0.4, 0.5) is 14.5 Å². The summed E-state index contributed by atoms with van der Waals surface area (Å²) in [6.45, 7) is 5.47. The van der Waals surface area contributed by atoms with Gasteiger partial charge in [-0.1, -0.05) is 13.8 Å². The number of nitrogens with zero attached hydrogens (tertiary/aromatic N) is 1. The zero-order valence-corrected chi connectivity index (χ0v) is 9.93. The number of halogens is 2. The third-order valence-electron chi connectivity index (χ3n) is 2.32. The van der Waals surface area contributed by atoms with E-state index in [1.807, 2.05) is 13.8 Å².